The maximum absolute atomic E-state index is 12.2. The van der Waals surface area contributed by atoms with Crippen LogP contribution >= 0.6 is 11.6 Å². The van der Waals surface area contributed by atoms with Gasteiger partial charge in [0.25, 0.3) is 11.6 Å². The van der Waals surface area contributed by atoms with E-state index in [-0.39, 0.29) is 28.4 Å². The van der Waals surface area contributed by atoms with E-state index in [1.165, 1.54) is 24.3 Å². The van der Waals surface area contributed by atoms with E-state index in [0.717, 1.165) is 5.56 Å². The quantitative estimate of drug-likeness (QED) is 0.362. The molecule has 2 aromatic rings. The molecule has 0 saturated carbocycles. The van der Waals surface area contributed by atoms with Crippen LogP contribution in [-0.2, 0) is 11.3 Å². The van der Waals surface area contributed by atoms with Gasteiger partial charge in [-0.15, -0.1) is 0 Å². The van der Waals surface area contributed by atoms with Gasteiger partial charge in [-0.05, 0) is 29.8 Å². The summed E-state index contributed by atoms with van der Waals surface area (Å²) in [6.07, 6.45) is 1.22. The van der Waals surface area contributed by atoms with Crippen LogP contribution in [0.3, 0.4) is 0 Å². The highest BCUT2D eigenvalue weighted by Gasteiger charge is 2.13. The number of nitro groups is 1. The van der Waals surface area contributed by atoms with Crippen molar-refractivity contribution in [2.75, 3.05) is 7.11 Å². The summed E-state index contributed by atoms with van der Waals surface area (Å²) in [7, 11) is 1.56. The third-order valence-corrected chi connectivity index (χ3v) is 3.81. The molecule has 0 bridgehead atoms. The van der Waals surface area contributed by atoms with Crippen molar-refractivity contribution in [2.24, 2.45) is 0 Å². The predicted molar refractivity (Wildman–Crippen MR) is 96.5 cm³/mol. The number of hydrogen-bond acceptors (Lipinski definition) is 5. The van der Waals surface area contributed by atoms with Crippen LogP contribution in [0.25, 0.3) is 6.08 Å². The molecule has 8 heteroatoms. The summed E-state index contributed by atoms with van der Waals surface area (Å²) in [5.74, 6) is 0.0869. The van der Waals surface area contributed by atoms with Crippen molar-refractivity contribution in [2.45, 2.75) is 6.54 Å². The Morgan fingerprint density at radius 2 is 2.04 bits per heavy atom. The molecule has 0 aromatic heterocycles. The SMILES string of the molecule is COc1ccc(CNC(=O)/C(C#N)=C/c2cc([N+](=O)[O-])ccc2Cl)cc1. The molecule has 1 N–H and O–H groups in total. The van der Waals surface area contributed by atoms with Crippen LogP contribution in [0.5, 0.6) is 5.75 Å². The molecule has 26 heavy (non-hydrogen) atoms. The average Bonchev–Trinajstić information content (AvgIpc) is 2.65. The Labute approximate surface area is 154 Å². The van der Waals surface area contributed by atoms with E-state index in [9.17, 15) is 20.2 Å². The number of carbonyl (C=O) groups is 1. The van der Waals surface area contributed by atoms with Crippen LogP contribution in [0.4, 0.5) is 5.69 Å². The van der Waals surface area contributed by atoms with Crippen LogP contribution in [-0.4, -0.2) is 17.9 Å². The molecule has 1 amide bonds. The molecule has 7 nitrogen and oxygen atoms in total. The first kappa shape index (κ1) is 19.0. The number of ether oxygens (including phenoxy) is 1. The van der Waals surface area contributed by atoms with E-state index in [0.29, 0.717) is 5.75 Å². The molecule has 0 atom stereocenters. The van der Waals surface area contributed by atoms with Gasteiger partial charge in [0.05, 0.1) is 12.0 Å². The number of nitriles is 1. The molecule has 0 spiro atoms. The lowest BCUT2D eigenvalue weighted by Gasteiger charge is -2.06. The highest BCUT2D eigenvalue weighted by atomic mass is 35.5. The largest absolute Gasteiger partial charge is 0.497 e. The fourth-order valence-electron chi connectivity index (χ4n) is 2.08. The Morgan fingerprint density at radius 3 is 2.62 bits per heavy atom. The normalized spacial score (nSPS) is 10.7. The van der Waals surface area contributed by atoms with Gasteiger partial charge in [0.1, 0.15) is 17.4 Å². The topological polar surface area (TPSA) is 105 Å². The number of nitrogens with one attached hydrogen (secondary N) is 1. The van der Waals surface area contributed by atoms with Crippen LogP contribution in [0.15, 0.2) is 48.0 Å². The number of nitro benzene ring substituents is 1. The number of amides is 1. The van der Waals surface area contributed by atoms with Crippen molar-refractivity contribution in [1.82, 2.24) is 5.32 Å². The summed E-state index contributed by atoms with van der Waals surface area (Å²) in [6.45, 7) is 0.213. The molecule has 132 valence electrons. The molecular formula is C18H14ClN3O4. The molecule has 0 saturated heterocycles. The van der Waals surface area contributed by atoms with Crippen molar-refractivity contribution in [3.63, 3.8) is 0 Å². The fraction of sp³-hybridized carbons (Fsp3) is 0.111. The maximum atomic E-state index is 12.2. The predicted octanol–water partition coefficient (Wildman–Crippen LogP) is 3.48. The van der Waals surface area contributed by atoms with Crippen LogP contribution < -0.4 is 10.1 Å². The van der Waals surface area contributed by atoms with Crippen molar-refractivity contribution in [1.29, 1.82) is 5.26 Å². The second-order valence-electron chi connectivity index (χ2n) is 5.16. The molecule has 2 rings (SSSR count). The number of halogens is 1. The van der Waals surface area contributed by atoms with E-state index < -0.39 is 10.8 Å². The number of rotatable bonds is 6. The molecule has 0 aliphatic carbocycles. The summed E-state index contributed by atoms with van der Waals surface area (Å²) in [5.41, 5.74) is 0.652. The summed E-state index contributed by atoms with van der Waals surface area (Å²) >= 11 is 5.99. The number of nitrogens with zero attached hydrogens (tertiary/aromatic N) is 2. The summed E-state index contributed by atoms with van der Waals surface area (Å²) in [5, 5.41) is 22.9. The summed E-state index contributed by atoms with van der Waals surface area (Å²) in [6, 6.07) is 12.7. The highest BCUT2D eigenvalue weighted by molar-refractivity contribution is 6.32. The van der Waals surface area contributed by atoms with E-state index >= 15 is 0 Å². The first-order valence-corrected chi connectivity index (χ1v) is 7.79. The monoisotopic (exact) mass is 371 g/mol. The molecule has 2 aromatic carbocycles. The van der Waals surface area contributed by atoms with E-state index in [1.807, 2.05) is 0 Å². The van der Waals surface area contributed by atoms with Gasteiger partial charge in [0.2, 0.25) is 0 Å². The number of benzene rings is 2. The summed E-state index contributed by atoms with van der Waals surface area (Å²) in [4.78, 5) is 22.5. The number of carbonyl (C=O) groups excluding carboxylic acids is 1. The smallest absolute Gasteiger partial charge is 0.270 e. The molecule has 0 heterocycles. The average molecular weight is 372 g/mol. The zero-order valence-electron chi connectivity index (χ0n) is 13.7. The molecule has 0 radical (unpaired) electrons. The van der Waals surface area contributed by atoms with Gasteiger partial charge in [-0.3, -0.25) is 14.9 Å². The molecule has 0 aliphatic rings. The van der Waals surface area contributed by atoms with Crippen LogP contribution in [0.1, 0.15) is 11.1 Å². The van der Waals surface area contributed by atoms with E-state index in [4.69, 9.17) is 16.3 Å². The lowest BCUT2D eigenvalue weighted by molar-refractivity contribution is -0.384. The van der Waals surface area contributed by atoms with Crippen molar-refractivity contribution in [3.05, 3.63) is 74.3 Å². The number of hydrogen-bond donors (Lipinski definition) is 1. The fourth-order valence-corrected chi connectivity index (χ4v) is 2.25. The van der Waals surface area contributed by atoms with Gasteiger partial charge >= 0.3 is 0 Å². The standard InChI is InChI=1S/C18H14ClN3O4/c1-26-16-5-2-12(3-6-16)11-21-18(23)14(10-20)8-13-9-15(22(24)25)4-7-17(13)19/h2-9H,11H2,1H3,(H,21,23)/b14-8+. The lowest BCUT2D eigenvalue weighted by atomic mass is 10.1. The van der Waals surface area contributed by atoms with Gasteiger partial charge < -0.3 is 10.1 Å². The minimum absolute atomic E-state index is 0.184. The second kappa shape index (κ2) is 8.65. The van der Waals surface area contributed by atoms with Crippen molar-refractivity contribution >= 4 is 29.3 Å². The third-order valence-electron chi connectivity index (χ3n) is 3.47. The zero-order valence-corrected chi connectivity index (χ0v) is 14.5. The Kier molecular flexibility index (Phi) is 6.31. The number of non-ortho nitro benzene ring substituents is 1. The van der Waals surface area contributed by atoms with Crippen molar-refractivity contribution < 1.29 is 14.5 Å². The molecule has 0 unspecified atom stereocenters. The second-order valence-corrected chi connectivity index (χ2v) is 5.57. The van der Waals surface area contributed by atoms with Gasteiger partial charge in [-0.2, -0.15) is 5.26 Å². The summed E-state index contributed by atoms with van der Waals surface area (Å²) < 4.78 is 5.05. The molecule has 0 aliphatic heterocycles. The lowest BCUT2D eigenvalue weighted by Crippen LogP contribution is -2.23. The van der Waals surface area contributed by atoms with E-state index in [1.54, 1.807) is 37.4 Å². The maximum Gasteiger partial charge on any atom is 0.270 e. The minimum Gasteiger partial charge on any atom is -0.497 e. The van der Waals surface area contributed by atoms with Crippen molar-refractivity contribution in [3.8, 4) is 11.8 Å². The highest BCUT2D eigenvalue weighted by Crippen LogP contribution is 2.24. The van der Waals surface area contributed by atoms with Crippen LogP contribution in [0.2, 0.25) is 5.02 Å². The Hall–Kier alpha value is -3.37. The van der Waals surface area contributed by atoms with Gasteiger partial charge in [0, 0.05) is 29.3 Å². The Balaban J connectivity index is 2.15. The molecule has 0 fully saturated rings. The van der Waals surface area contributed by atoms with Gasteiger partial charge in [-0.25, -0.2) is 0 Å². The van der Waals surface area contributed by atoms with Gasteiger partial charge in [0.15, 0.2) is 0 Å². The first-order chi connectivity index (χ1) is 12.4. The minimum atomic E-state index is -0.606. The van der Waals surface area contributed by atoms with Crippen LogP contribution in [0, 0.1) is 21.4 Å². The Morgan fingerprint density at radius 1 is 1.35 bits per heavy atom. The van der Waals surface area contributed by atoms with Gasteiger partial charge in [-0.1, -0.05) is 23.7 Å². The third kappa shape index (κ3) is 4.82. The van der Waals surface area contributed by atoms with E-state index in [2.05, 4.69) is 5.32 Å². The zero-order chi connectivity index (χ0) is 19.1. The number of methoxy groups -OCH3 is 1. The first-order valence-electron chi connectivity index (χ1n) is 7.41. The Bertz CT molecular complexity index is 902. The molecular weight excluding hydrogens is 358 g/mol.